The third-order valence-corrected chi connectivity index (χ3v) is 3.25. The Balaban J connectivity index is 1.91. The van der Waals surface area contributed by atoms with Gasteiger partial charge in [-0.15, -0.1) is 0 Å². The van der Waals surface area contributed by atoms with Gasteiger partial charge in [-0.25, -0.2) is 22.6 Å². The summed E-state index contributed by atoms with van der Waals surface area (Å²) in [4.78, 5) is 4.26. The van der Waals surface area contributed by atoms with Crippen LogP contribution >= 0.6 is 0 Å². The molecule has 0 spiro atoms. The second kappa shape index (κ2) is 5.54. The lowest BCUT2D eigenvalue weighted by molar-refractivity contribution is 0.586. The molecular formula is C11H17N5O2S. The van der Waals surface area contributed by atoms with Gasteiger partial charge in [0.25, 0.3) is 0 Å². The first kappa shape index (κ1) is 13.8. The van der Waals surface area contributed by atoms with E-state index in [-0.39, 0.29) is 0 Å². The lowest BCUT2D eigenvalue weighted by atomic mass is 10.4. The SMILES string of the molecule is Cc1cc2c(NCCCNS(C)(=O)=O)nccn2n1. The monoisotopic (exact) mass is 283 g/mol. The van der Waals surface area contributed by atoms with Crippen molar-refractivity contribution in [2.45, 2.75) is 13.3 Å². The molecule has 0 bridgehead atoms. The van der Waals surface area contributed by atoms with E-state index >= 15 is 0 Å². The summed E-state index contributed by atoms with van der Waals surface area (Å²) in [6, 6.07) is 1.95. The van der Waals surface area contributed by atoms with Gasteiger partial charge < -0.3 is 5.32 Å². The molecule has 2 aromatic rings. The van der Waals surface area contributed by atoms with Crippen LogP contribution in [-0.2, 0) is 10.0 Å². The zero-order valence-electron chi connectivity index (χ0n) is 10.9. The second-order valence-corrected chi connectivity index (χ2v) is 6.17. The Morgan fingerprint density at radius 3 is 2.89 bits per heavy atom. The number of nitrogens with one attached hydrogen (secondary N) is 2. The Morgan fingerprint density at radius 1 is 1.37 bits per heavy atom. The third kappa shape index (κ3) is 3.90. The van der Waals surface area contributed by atoms with Gasteiger partial charge in [-0.2, -0.15) is 5.10 Å². The lowest BCUT2D eigenvalue weighted by Gasteiger charge is -2.06. The molecular weight excluding hydrogens is 266 g/mol. The van der Waals surface area contributed by atoms with E-state index in [4.69, 9.17) is 0 Å². The van der Waals surface area contributed by atoms with E-state index in [0.29, 0.717) is 19.5 Å². The molecule has 2 rings (SSSR count). The molecule has 0 aliphatic carbocycles. The van der Waals surface area contributed by atoms with Gasteiger partial charge in [0.05, 0.1) is 11.9 Å². The summed E-state index contributed by atoms with van der Waals surface area (Å²) in [6.45, 7) is 2.97. The van der Waals surface area contributed by atoms with Crippen molar-refractivity contribution in [1.29, 1.82) is 0 Å². The highest BCUT2D eigenvalue weighted by atomic mass is 32.2. The maximum Gasteiger partial charge on any atom is 0.208 e. The van der Waals surface area contributed by atoms with E-state index < -0.39 is 10.0 Å². The van der Waals surface area contributed by atoms with Gasteiger partial charge in [-0.1, -0.05) is 0 Å². The standard InChI is InChI=1S/C11H17N5O2S/c1-9-8-10-11(13-6-7-16(10)15-9)12-4-3-5-14-19(2,17)18/h6-8,14H,3-5H2,1-2H3,(H,12,13). The Bertz CT molecular complexity index is 665. The molecule has 0 aromatic carbocycles. The molecule has 0 fully saturated rings. The van der Waals surface area contributed by atoms with Gasteiger partial charge >= 0.3 is 0 Å². The molecule has 7 nitrogen and oxygen atoms in total. The number of sulfonamides is 1. The largest absolute Gasteiger partial charge is 0.368 e. The normalized spacial score (nSPS) is 11.9. The maximum atomic E-state index is 10.9. The van der Waals surface area contributed by atoms with Crippen molar-refractivity contribution >= 4 is 21.4 Å². The first-order valence-corrected chi connectivity index (χ1v) is 7.84. The number of hydrogen-bond acceptors (Lipinski definition) is 5. The predicted molar refractivity (Wildman–Crippen MR) is 73.7 cm³/mol. The molecule has 0 saturated carbocycles. The fourth-order valence-electron chi connectivity index (χ4n) is 1.73. The molecule has 0 saturated heterocycles. The zero-order valence-corrected chi connectivity index (χ0v) is 11.7. The van der Waals surface area contributed by atoms with Crippen LogP contribution in [0.5, 0.6) is 0 Å². The fourth-order valence-corrected chi connectivity index (χ4v) is 2.25. The van der Waals surface area contributed by atoms with Crippen LogP contribution in [0.2, 0.25) is 0 Å². The van der Waals surface area contributed by atoms with Gasteiger partial charge in [0.2, 0.25) is 10.0 Å². The minimum absolute atomic E-state index is 0.410. The van der Waals surface area contributed by atoms with Gasteiger partial charge in [0.1, 0.15) is 5.52 Å². The van der Waals surface area contributed by atoms with E-state index in [0.717, 1.165) is 23.3 Å². The van der Waals surface area contributed by atoms with E-state index in [9.17, 15) is 8.42 Å². The molecule has 19 heavy (non-hydrogen) atoms. The predicted octanol–water partition coefficient (Wildman–Crippen LogP) is 0.389. The van der Waals surface area contributed by atoms with E-state index in [1.807, 2.05) is 13.0 Å². The Labute approximate surface area is 112 Å². The first-order chi connectivity index (χ1) is 8.96. The number of nitrogens with zero attached hydrogens (tertiary/aromatic N) is 3. The summed E-state index contributed by atoms with van der Waals surface area (Å²) in [5.74, 6) is 0.752. The quantitative estimate of drug-likeness (QED) is 0.749. The van der Waals surface area contributed by atoms with Crippen LogP contribution in [0.4, 0.5) is 5.82 Å². The number of anilines is 1. The number of aryl methyl sites for hydroxylation is 1. The second-order valence-electron chi connectivity index (χ2n) is 4.34. The van der Waals surface area contributed by atoms with Crippen LogP contribution in [0.15, 0.2) is 18.5 Å². The highest BCUT2D eigenvalue weighted by Crippen LogP contribution is 2.14. The molecule has 0 amide bonds. The van der Waals surface area contributed by atoms with Crippen molar-refractivity contribution in [2.24, 2.45) is 0 Å². The number of hydrogen-bond donors (Lipinski definition) is 2. The van der Waals surface area contributed by atoms with Gasteiger partial charge in [-0.05, 0) is 19.4 Å². The van der Waals surface area contributed by atoms with E-state index in [1.165, 1.54) is 0 Å². The molecule has 0 unspecified atom stereocenters. The molecule has 2 heterocycles. The van der Waals surface area contributed by atoms with Crippen LogP contribution < -0.4 is 10.0 Å². The van der Waals surface area contributed by atoms with Crippen molar-refractivity contribution < 1.29 is 8.42 Å². The average molecular weight is 283 g/mol. The highest BCUT2D eigenvalue weighted by molar-refractivity contribution is 7.88. The number of fused-ring (bicyclic) bond motifs is 1. The number of rotatable bonds is 6. The molecule has 0 aliphatic heterocycles. The molecule has 0 atom stereocenters. The van der Waals surface area contributed by atoms with Gasteiger partial charge in [-0.3, -0.25) is 0 Å². The summed E-state index contributed by atoms with van der Waals surface area (Å²) >= 11 is 0. The van der Waals surface area contributed by atoms with Crippen LogP contribution in [-0.4, -0.2) is 42.4 Å². The Morgan fingerprint density at radius 2 is 2.16 bits per heavy atom. The van der Waals surface area contributed by atoms with Crippen LogP contribution in [0, 0.1) is 6.92 Å². The van der Waals surface area contributed by atoms with Gasteiger partial charge in [0, 0.05) is 25.5 Å². The summed E-state index contributed by atoms with van der Waals surface area (Å²) in [6.07, 6.45) is 5.30. The van der Waals surface area contributed by atoms with Crippen molar-refractivity contribution in [3.8, 4) is 0 Å². The maximum absolute atomic E-state index is 10.9. The first-order valence-electron chi connectivity index (χ1n) is 5.95. The van der Waals surface area contributed by atoms with E-state index in [2.05, 4.69) is 20.1 Å². The molecule has 2 N–H and O–H groups in total. The van der Waals surface area contributed by atoms with Crippen LogP contribution in [0.3, 0.4) is 0 Å². The third-order valence-electron chi connectivity index (χ3n) is 2.52. The van der Waals surface area contributed by atoms with Crippen molar-refractivity contribution in [3.63, 3.8) is 0 Å². The van der Waals surface area contributed by atoms with Crippen molar-refractivity contribution in [1.82, 2.24) is 19.3 Å². The fraction of sp³-hybridized carbons (Fsp3) is 0.455. The molecule has 104 valence electrons. The topological polar surface area (TPSA) is 88.4 Å². The lowest BCUT2D eigenvalue weighted by Crippen LogP contribution is -2.24. The van der Waals surface area contributed by atoms with Crippen LogP contribution in [0.1, 0.15) is 12.1 Å². The number of aromatic nitrogens is 3. The molecule has 8 heteroatoms. The molecule has 0 aliphatic rings. The summed E-state index contributed by atoms with van der Waals surface area (Å²) in [7, 11) is -3.11. The molecule has 2 aromatic heterocycles. The minimum Gasteiger partial charge on any atom is -0.368 e. The van der Waals surface area contributed by atoms with Gasteiger partial charge in [0.15, 0.2) is 5.82 Å². The Kier molecular flexibility index (Phi) is 4.01. The summed E-state index contributed by atoms with van der Waals surface area (Å²) < 4.78 is 26.0. The average Bonchev–Trinajstić information content (AvgIpc) is 2.68. The molecule has 0 radical (unpaired) electrons. The smallest absolute Gasteiger partial charge is 0.208 e. The summed E-state index contributed by atoms with van der Waals surface area (Å²) in [5.41, 5.74) is 1.84. The minimum atomic E-state index is -3.11. The summed E-state index contributed by atoms with van der Waals surface area (Å²) in [5, 5.41) is 7.48. The Hall–Kier alpha value is -1.67. The zero-order chi connectivity index (χ0) is 13.9. The van der Waals surface area contributed by atoms with Crippen molar-refractivity contribution in [3.05, 3.63) is 24.2 Å². The van der Waals surface area contributed by atoms with E-state index in [1.54, 1.807) is 16.9 Å². The van der Waals surface area contributed by atoms with Crippen molar-refractivity contribution in [2.75, 3.05) is 24.7 Å². The van der Waals surface area contributed by atoms with Crippen LogP contribution in [0.25, 0.3) is 5.52 Å². The highest BCUT2D eigenvalue weighted by Gasteiger charge is 2.04.